The van der Waals surface area contributed by atoms with E-state index < -0.39 is 0 Å². The van der Waals surface area contributed by atoms with Crippen molar-refractivity contribution >= 4 is 5.91 Å². The van der Waals surface area contributed by atoms with E-state index in [1.807, 2.05) is 0 Å². The lowest BCUT2D eigenvalue weighted by molar-refractivity contribution is 0.0922. The third-order valence-electron chi connectivity index (χ3n) is 1.58. The Hall–Kier alpha value is -1.42. The fourth-order valence-electron chi connectivity index (χ4n) is 0.850. The zero-order chi connectivity index (χ0) is 9.68. The normalized spacial score (nSPS) is 12.2. The lowest BCUT2D eigenvalue weighted by atomic mass is 10.2. The van der Waals surface area contributed by atoms with Gasteiger partial charge in [0, 0.05) is 18.4 Å². The summed E-state index contributed by atoms with van der Waals surface area (Å²) in [7, 11) is 0. The summed E-state index contributed by atoms with van der Waals surface area (Å²) < 4.78 is 0. The second-order valence-corrected chi connectivity index (χ2v) is 2.80. The van der Waals surface area contributed by atoms with E-state index in [1.54, 1.807) is 25.3 Å². The highest BCUT2D eigenvalue weighted by molar-refractivity contribution is 5.93. The van der Waals surface area contributed by atoms with E-state index in [2.05, 4.69) is 10.3 Å². The van der Waals surface area contributed by atoms with E-state index in [0.717, 1.165) is 0 Å². The number of rotatable bonds is 3. The summed E-state index contributed by atoms with van der Waals surface area (Å²) in [6.45, 7) is 1.67. The van der Waals surface area contributed by atoms with Gasteiger partial charge in [-0.05, 0) is 19.1 Å². The van der Waals surface area contributed by atoms with Crippen molar-refractivity contribution in [1.82, 2.24) is 10.3 Å². The highest BCUT2D eigenvalue weighted by Crippen LogP contribution is 1.95. The first-order valence-corrected chi connectivity index (χ1v) is 4.06. The van der Waals surface area contributed by atoms with Gasteiger partial charge in [-0.1, -0.05) is 0 Å². The van der Waals surface area contributed by atoms with Crippen LogP contribution in [0.5, 0.6) is 0 Å². The molecule has 1 heterocycles. The van der Waals surface area contributed by atoms with Crippen LogP contribution in [0.2, 0.25) is 0 Å². The molecule has 2 N–H and O–H groups in total. The summed E-state index contributed by atoms with van der Waals surface area (Å²) in [6, 6.07) is 3.14. The largest absolute Gasteiger partial charge is 0.394 e. The third kappa shape index (κ3) is 2.83. The number of carbonyl (C=O) groups excluding carboxylic acids is 1. The Bertz CT molecular complexity index is 274. The quantitative estimate of drug-likeness (QED) is 0.698. The van der Waals surface area contributed by atoms with E-state index in [0.29, 0.717) is 5.56 Å². The van der Waals surface area contributed by atoms with Crippen LogP contribution in [-0.4, -0.2) is 28.6 Å². The van der Waals surface area contributed by atoms with Gasteiger partial charge < -0.3 is 10.4 Å². The van der Waals surface area contributed by atoms with Crippen molar-refractivity contribution < 1.29 is 9.90 Å². The molecule has 1 aromatic rings. The molecule has 0 saturated heterocycles. The Kier molecular flexibility index (Phi) is 3.40. The van der Waals surface area contributed by atoms with Crippen molar-refractivity contribution in [3.05, 3.63) is 30.1 Å². The number of hydrogen-bond acceptors (Lipinski definition) is 3. The molecule has 0 bridgehead atoms. The topological polar surface area (TPSA) is 62.2 Å². The number of pyridine rings is 1. The second-order valence-electron chi connectivity index (χ2n) is 2.80. The molecule has 0 aromatic carbocycles. The van der Waals surface area contributed by atoms with E-state index in [4.69, 9.17) is 5.11 Å². The predicted molar refractivity (Wildman–Crippen MR) is 48.3 cm³/mol. The van der Waals surface area contributed by atoms with Crippen molar-refractivity contribution in [3.8, 4) is 0 Å². The van der Waals surface area contributed by atoms with E-state index in [9.17, 15) is 4.79 Å². The minimum Gasteiger partial charge on any atom is -0.394 e. The molecule has 0 aliphatic carbocycles. The second kappa shape index (κ2) is 4.57. The molecule has 1 amide bonds. The van der Waals surface area contributed by atoms with Crippen LogP contribution in [0.3, 0.4) is 0 Å². The summed E-state index contributed by atoms with van der Waals surface area (Å²) in [5, 5.41) is 11.3. The lowest BCUT2D eigenvalue weighted by Crippen LogP contribution is -2.34. The smallest absolute Gasteiger partial charge is 0.253 e. The summed E-state index contributed by atoms with van der Waals surface area (Å²) in [5.41, 5.74) is 0.503. The number of aromatic nitrogens is 1. The van der Waals surface area contributed by atoms with Gasteiger partial charge in [0.05, 0.1) is 12.2 Å². The molecule has 0 aliphatic heterocycles. The summed E-state index contributed by atoms with van der Waals surface area (Å²) in [6.07, 6.45) is 3.09. The van der Waals surface area contributed by atoms with Gasteiger partial charge in [0.25, 0.3) is 5.91 Å². The third-order valence-corrected chi connectivity index (χ3v) is 1.58. The maximum atomic E-state index is 11.4. The Morgan fingerprint density at radius 2 is 2.54 bits per heavy atom. The van der Waals surface area contributed by atoms with Gasteiger partial charge in [0.2, 0.25) is 0 Å². The van der Waals surface area contributed by atoms with Gasteiger partial charge >= 0.3 is 0 Å². The fourth-order valence-corrected chi connectivity index (χ4v) is 0.850. The molecule has 0 fully saturated rings. The molecule has 0 aliphatic rings. The van der Waals surface area contributed by atoms with Gasteiger partial charge in [-0.25, -0.2) is 0 Å². The summed E-state index contributed by atoms with van der Waals surface area (Å²) >= 11 is 0. The molecule has 0 spiro atoms. The predicted octanol–water partition coefficient (Wildman–Crippen LogP) is 0.192. The van der Waals surface area contributed by atoms with Crippen LogP contribution in [0.1, 0.15) is 17.3 Å². The van der Waals surface area contributed by atoms with Crippen LogP contribution in [0, 0.1) is 0 Å². The van der Waals surface area contributed by atoms with Crippen LogP contribution in [0.25, 0.3) is 0 Å². The number of aliphatic hydroxyl groups is 1. The Morgan fingerprint density at radius 3 is 3.08 bits per heavy atom. The molecule has 1 rings (SSSR count). The molecule has 4 nitrogen and oxygen atoms in total. The molecular formula is C9H12N2O2. The number of nitrogens with one attached hydrogen (secondary N) is 1. The van der Waals surface area contributed by atoms with Gasteiger partial charge in [-0.3, -0.25) is 9.78 Å². The van der Waals surface area contributed by atoms with Crippen molar-refractivity contribution in [1.29, 1.82) is 0 Å². The minimum atomic E-state index is -0.229. The van der Waals surface area contributed by atoms with Crippen LogP contribution >= 0.6 is 0 Å². The molecule has 70 valence electrons. The van der Waals surface area contributed by atoms with Crippen LogP contribution in [0.15, 0.2) is 24.5 Å². The summed E-state index contributed by atoms with van der Waals surface area (Å²) in [5.74, 6) is -0.213. The molecule has 0 radical (unpaired) electrons. The maximum Gasteiger partial charge on any atom is 0.253 e. The van der Waals surface area contributed by atoms with E-state index >= 15 is 0 Å². The molecule has 1 atom stereocenters. The van der Waals surface area contributed by atoms with E-state index in [1.165, 1.54) is 6.20 Å². The number of aliphatic hydroxyl groups excluding tert-OH is 1. The molecule has 0 saturated carbocycles. The van der Waals surface area contributed by atoms with Crippen molar-refractivity contribution in [2.75, 3.05) is 6.61 Å². The maximum absolute atomic E-state index is 11.4. The number of nitrogens with zero attached hydrogens (tertiary/aromatic N) is 1. The average molecular weight is 180 g/mol. The lowest BCUT2D eigenvalue weighted by Gasteiger charge is -2.09. The standard InChI is InChI=1S/C9H12N2O2/c1-7(6-12)11-9(13)8-3-2-4-10-5-8/h2-5,7,12H,6H2,1H3,(H,11,13). The number of carbonyl (C=O) groups is 1. The van der Waals surface area contributed by atoms with Crippen LogP contribution in [-0.2, 0) is 0 Å². The highest BCUT2D eigenvalue weighted by Gasteiger charge is 2.07. The first kappa shape index (κ1) is 9.67. The molecule has 1 unspecified atom stereocenters. The first-order chi connectivity index (χ1) is 6.24. The minimum absolute atomic E-state index is 0.0635. The van der Waals surface area contributed by atoms with Gasteiger partial charge in [0.15, 0.2) is 0 Å². The molecule has 13 heavy (non-hydrogen) atoms. The first-order valence-electron chi connectivity index (χ1n) is 4.06. The highest BCUT2D eigenvalue weighted by atomic mass is 16.3. The van der Waals surface area contributed by atoms with Crippen molar-refractivity contribution in [3.63, 3.8) is 0 Å². The zero-order valence-corrected chi connectivity index (χ0v) is 7.40. The number of hydrogen-bond donors (Lipinski definition) is 2. The Balaban J connectivity index is 2.59. The summed E-state index contributed by atoms with van der Waals surface area (Å²) in [4.78, 5) is 15.2. The van der Waals surface area contributed by atoms with Crippen LogP contribution in [0.4, 0.5) is 0 Å². The average Bonchev–Trinajstić information content (AvgIpc) is 2.19. The number of amides is 1. The van der Waals surface area contributed by atoms with E-state index in [-0.39, 0.29) is 18.6 Å². The van der Waals surface area contributed by atoms with Gasteiger partial charge in [-0.15, -0.1) is 0 Å². The van der Waals surface area contributed by atoms with Crippen LogP contribution < -0.4 is 5.32 Å². The van der Waals surface area contributed by atoms with Crippen molar-refractivity contribution in [2.45, 2.75) is 13.0 Å². The molecule has 4 heteroatoms. The van der Waals surface area contributed by atoms with Gasteiger partial charge in [-0.2, -0.15) is 0 Å². The molecule has 1 aromatic heterocycles. The Labute approximate surface area is 76.6 Å². The molecular weight excluding hydrogens is 168 g/mol. The zero-order valence-electron chi connectivity index (χ0n) is 7.40. The van der Waals surface area contributed by atoms with Gasteiger partial charge in [0.1, 0.15) is 0 Å². The SMILES string of the molecule is CC(CO)NC(=O)c1cccnc1. The van der Waals surface area contributed by atoms with Crippen molar-refractivity contribution in [2.24, 2.45) is 0 Å². The monoisotopic (exact) mass is 180 g/mol. The Morgan fingerprint density at radius 1 is 1.77 bits per heavy atom. The fraction of sp³-hybridized carbons (Fsp3) is 0.333.